The molecule has 0 unspecified atom stereocenters. The van der Waals surface area contributed by atoms with Gasteiger partial charge < -0.3 is 9.88 Å². The first-order valence-electron chi connectivity index (χ1n) is 6.34. The van der Waals surface area contributed by atoms with Crippen LogP contribution in [0.15, 0.2) is 29.8 Å². The number of benzene rings is 1. The minimum absolute atomic E-state index is 0.859. The minimum atomic E-state index is 0.859. The van der Waals surface area contributed by atoms with Crippen molar-refractivity contribution in [2.45, 2.75) is 20.4 Å². The van der Waals surface area contributed by atoms with E-state index in [9.17, 15) is 0 Å². The normalized spacial score (nSPS) is 11.1. The Morgan fingerprint density at radius 1 is 1.26 bits per heavy atom. The van der Waals surface area contributed by atoms with Crippen LogP contribution >= 0.6 is 11.3 Å². The van der Waals surface area contributed by atoms with Crippen LogP contribution in [0.3, 0.4) is 0 Å². The number of aryl methyl sites for hydroxylation is 1. The first-order valence-corrected chi connectivity index (χ1v) is 7.22. The average Bonchev–Trinajstić information content (AvgIpc) is 2.96. The molecule has 0 saturated carbocycles. The van der Waals surface area contributed by atoms with Crippen molar-refractivity contribution in [2.24, 2.45) is 7.05 Å². The van der Waals surface area contributed by atoms with Crippen molar-refractivity contribution >= 4 is 27.2 Å². The second-order valence-electron chi connectivity index (χ2n) is 4.84. The number of hydrogen-bond donors (Lipinski definition) is 1. The van der Waals surface area contributed by atoms with Crippen LogP contribution in [0.2, 0.25) is 0 Å². The van der Waals surface area contributed by atoms with Crippen LogP contribution < -0.4 is 5.32 Å². The second kappa shape index (κ2) is 4.70. The Morgan fingerprint density at radius 2 is 2.11 bits per heavy atom. The van der Waals surface area contributed by atoms with Gasteiger partial charge in [-0.1, -0.05) is 0 Å². The number of thiazole rings is 1. The summed E-state index contributed by atoms with van der Waals surface area (Å²) in [6.07, 6.45) is 0. The summed E-state index contributed by atoms with van der Waals surface area (Å²) in [5.74, 6) is 0. The van der Waals surface area contributed by atoms with Crippen LogP contribution in [0.4, 0.5) is 5.69 Å². The van der Waals surface area contributed by atoms with Gasteiger partial charge in [0.25, 0.3) is 0 Å². The molecule has 0 spiro atoms. The second-order valence-corrected chi connectivity index (χ2v) is 5.73. The largest absolute Gasteiger partial charge is 0.381 e. The summed E-state index contributed by atoms with van der Waals surface area (Å²) in [4.78, 5) is 4.29. The SMILES string of the molecule is Cc1cc(CNc2ccc3ncsc3c2)c(C)n1C. The lowest BCUT2D eigenvalue weighted by atomic mass is 10.2. The molecule has 3 rings (SSSR count). The lowest BCUT2D eigenvalue weighted by Crippen LogP contribution is -2.01. The quantitative estimate of drug-likeness (QED) is 0.784. The van der Waals surface area contributed by atoms with E-state index in [1.807, 2.05) is 5.51 Å². The minimum Gasteiger partial charge on any atom is -0.381 e. The van der Waals surface area contributed by atoms with Gasteiger partial charge in [-0.25, -0.2) is 4.98 Å². The molecule has 3 nitrogen and oxygen atoms in total. The highest BCUT2D eigenvalue weighted by atomic mass is 32.1. The maximum absolute atomic E-state index is 4.29. The summed E-state index contributed by atoms with van der Waals surface area (Å²) in [6, 6.07) is 8.57. The van der Waals surface area contributed by atoms with Crippen molar-refractivity contribution in [1.29, 1.82) is 0 Å². The van der Waals surface area contributed by atoms with Gasteiger partial charge in [-0.2, -0.15) is 0 Å². The lowest BCUT2D eigenvalue weighted by Gasteiger charge is -2.07. The summed E-state index contributed by atoms with van der Waals surface area (Å²) in [5, 5.41) is 3.49. The monoisotopic (exact) mass is 271 g/mol. The molecule has 1 aromatic carbocycles. The van der Waals surface area contributed by atoms with Gasteiger partial charge in [0.15, 0.2) is 0 Å². The van der Waals surface area contributed by atoms with E-state index in [2.05, 4.69) is 60.0 Å². The summed E-state index contributed by atoms with van der Waals surface area (Å²) in [7, 11) is 2.11. The van der Waals surface area contributed by atoms with Gasteiger partial charge in [0, 0.05) is 30.7 Å². The zero-order valence-electron chi connectivity index (χ0n) is 11.4. The average molecular weight is 271 g/mol. The number of nitrogens with zero attached hydrogens (tertiary/aromatic N) is 2. The number of rotatable bonds is 3. The Kier molecular flexibility index (Phi) is 3.03. The molecule has 0 saturated heterocycles. The molecule has 98 valence electrons. The fraction of sp³-hybridized carbons (Fsp3) is 0.267. The van der Waals surface area contributed by atoms with Crippen LogP contribution in [0.1, 0.15) is 17.0 Å². The first-order chi connectivity index (χ1) is 9.15. The molecular weight excluding hydrogens is 254 g/mol. The molecule has 0 amide bonds. The molecule has 2 heterocycles. The summed E-state index contributed by atoms with van der Waals surface area (Å²) < 4.78 is 3.45. The molecule has 2 aromatic heterocycles. The maximum Gasteiger partial charge on any atom is 0.0813 e. The highest BCUT2D eigenvalue weighted by Crippen LogP contribution is 2.22. The zero-order chi connectivity index (χ0) is 13.4. The van der Waals surface area contributed by atoms with Crippen LogP contribution in [0.5, 0.6) is 0 Å². The Bertz CT molecular complexity index is 724. The predicted molar refractivity (Wildman–Crippen MR) is 81.8 cm³/mol. The van der Waals surface area contributed by atoms with Crippen molar-refractivity contribution in [2.75, 3.05) is 5.32 Å². The Hall–Kier alpha value is -1.81. The van der Waals surface area contributed by atoms with Gasteiger partial charge in [0.1, 0.15) is 0 Å². The topological polar surface area (TPSA) is 29.9 Å². The van der Waals surface area contributed by atoms with E-state index in [0.717, 1.165) is 17.7 Å². The molecular formula is C15H17N3S. The third-order valence-corrected chi connectivity index (χ3v) is 4.49. The molecule has 0 aliphatic rings. The Balaban J connectivity index is 1.79. The zero-order valence-corrected chi connectivity index (χ0v) is 12.2. The van der Waals surface area contributed by atoms with Gasteiger partial charge in [-0.05, 0) is 43.7 Å². The Morgan fingerprint density at radius 3 is 2.84 bits per heavy atom. The van der Waals surface area contributed by atoms with Gasteiger partial charge in [-0.15, -0.1) is 11.3 Å². The van der Waals surface area contributed by atoms with E-state index in [-0.39, 0.29) is 0 Å². The van der Waals surface area contributed by atoms with Crippen LogP contribution in [0, 0.1) is 13.8 Å². The molecule has 19 heavy (non-hydrogen) atoms. The molecule has 0 aliphatic carbocycles. The van der Waals surface area contributed by atoms with Crippen molar-refractivity contribution in [3.63, 3.8) is 0 Å². The number of nitrogens with one attached hydrogen (secondary N) is 1. The lowest BCUT2D eigenvalue weighted by molar-refractivity contribution is 0.837. The van der Waals surface area contributed by atoms with Crippen LogP contribution in [0.25, 0.3) is 10.2 Å². The highest BCUT2D eigenvalue weighted by molar-refractivity contribution is 7.16. The Labute approximate surface area is 116 Å². The van der Waals surface area contributed by atoms with E-state index in [1.165, 1.54) is 21.7 Å². The third-order valence-electron chi connectivity index (χ3n) is 3.69. The number of hydrogen-bond acceptors (Lipinski definition) is 3. The van der Waals surface area contributed by atoms with Crippen LogP contribution in [-0.4, -0.2) is 9.55 Å². The van der Waals surface area contributed by atoms with Crippen molar-refractivity contribution in [3.05, 3.63) is 46.7 Å². The van der Waals surface area contributed by atoms with E-state index >= 15 is 0 Å². The molecule has 0 fully saturated rings. The standard InChI is InChI=1S/C15H17N3S/c1-10-6-12(11(2)18(10)3)8-16-13-4-5-14-15(7-13)19-9-17-14/h4-7,9,16H,8H2,1-3H3. The predicted octanol–water partition coefficient (Wildman–Crippen LogP) is 3.86. The van der Waals surface area contributed by atoms with Gasteiger partial charge >= 0.3 is 0 Å². The van der Waals surface area contributed by atoms with Crippen LogP contribution in [-0.2, 0) is 13.6 Å². The van der Waals surface area contributed by atoms with Gasteiger partial charge in [0.05, 0.1) is 15.7 Å². The fourth-order valence-corrected chi connectivity index (χ4v) is 2.99. The molecule has 1 N–H and O–H groups in total. The fourth-order valence-electron chi connectivity index (χ4n) is 2.27. The molecule has 0 radical (unpaired) electrons. The highest BCUT2D eigenvalue weighted by Gasteiger charge is 2.06. The molecule has 3 aromatic rings. The van der Waals surface area contributed by atoms with E-state index in [0.29, 0.717) is 0 Å². The van der Waals surface area contributed by atoms with Gasteiger partial charge in [0.2, 0.25) is 0 Å². The van der Waals surface area contributed by atoms with Crippen molar-refractivity contribution in [1.82, 2.24) is 9.55 Å². The summed E-state index contributed by atoms with van der Waals surface area (Å²) in [6.45, 7) is 5.16. The number of aromatic nitrogens is 2. The third kappa shape index (κ3) is 2.24. The smallest absolute Gasteiger partial charge is 0.0813 e. The van der Waals surface area contributed by atoms with Gasteiger partial charge in [-0.3, -0.25) is 0 Å². The molecule has 0 bridgehead atoms. The van der Waals surface area contributed by atoms with E-state index in [1.54, 1.807) is 11.3 Å². The summed E-state index contributed by atoms with van der Waals surface area (Å²) in [5.41, 5.74) is 8.08. The molecule has 0 atom stereocenters. The first kappa shape index (κ1) is 12.2. The summed E-state index contributed by atoms with van der Waals surface area (Å²) >= 11 is 1.68. The number of anilines is 1. The van der Waals surface area contributed by atoms with Crippen molar-refractivity contribution < 1.29 is 0 Å². The van der Waals surface area contributed by atoms with E-state index < -0.39 is 0 Å². The van der Waals surface area contributed by atoms with Crippen molar-refractivity contribution in [3.8, 4) is 0 Å². The molecule has 0 aliphatic heterocycles. The maximum atomic E-state index is 4.29. The number of fused-ring (bicyclic) bond motifs is 1. The molecule has 4 heteroatoms. The van der Waals surface area contributed by atoms with E-state index in [4.69, 9.17) is 0 Å².